The van der Waals surface area contributed by atoms with Crippen molar-refractivity contribution in [3.8, 4) is 0 Å². The van der Waals surface area contributed by atoms with E-state index in [2.05, 4.69) is 27.7 Å². The molecule has 1 heteroatoms. The molecule has 0 aromatic carbocycles. The summed E-state index contributed by atoms with van der Waals surface area (Å²) in [7, 11) is 0. The molecule has 5 aliphatic rings. The van der Waals surface area contributed by atoms with E-state index in [1.807, 2.05) is 0 Å². The Labute approximate surface area is 174 Å². The van der Waals surface area contributed by atoms with Gasteiger partial charge in [0.25, 0.3) is 0 Å². The largest absolute Gasteiger partial charge is 0.393 e. The fourth-order valence-corrected chi connectivity index (χ4v) is 10.2. The Hall–Kier alpha value is -0.0400. The molecular formula is C27H46O. The van der Waals surface area contributed by atoms with Gasteiger partial charge in [-0.25, -0.2) is 0 Å². The third-order valence-corrected chi connectivity index (χ3v) is 11.5. The summed E-state index contributed by atoms with van der Waals surface area (Å²) >= 11 is 0. The highest BCUT2D eigenvalue weighted by molar-refractivity contribution is 5.26. The lowest BCUT2D eigenvalue weighted by atomic mass is 9.49. The lowest BCUT2D eigenvalue weighted by Gasteiger charge is -2.56. The maximum absolute atomic E-state index is 10.3. The number of fused-ring (bicyclic) bond motifs is 2. The van der Waals surface area contributed by atoms with E-state index >= 15 is 0 Å². The summed E-state index contributed by atoms with van der Waals surface area (Å²) in [4.78, 5) is 0. The summed E-state index contributed by atoms with van der Waals surface area (Å²) in [5, 5.41) is 10.3. The Balaban J connectivity index is 1.31. The predicted octanol–water partition coefficient (Wildman–Crippen LogP) is 7.22. The third kappa shape index (κ3) is 2.66. The predicted molar refractivity (Wildman–Crippen MR) is 117 cm³/mol. The van der Waals surface area contributed by atoms with Crippen LogP contribution >= 0.6 is 0 Å². The van der Waals surface area contributed by atoms with Gasteiger partial charge in [-0.15, -0.1) is 0 Å². The van der Waals surface area contributed by atoms with Crippen LogP contribution in [0.3, 0.4) is 0 Å². The molecule has 0 aromatic rings. The first kappa shape index (κ1) is 19.9. The Morgan fingerprint density at radius 1 is 0.857 bits per heavy atom. The van der Waals surface area contributed by atoms with E-state index in [1.54, 1.807) is 6.42 Å². The van der Waals surface area contributed by atoms with Gasteiger partial charge in [-0.1, -0.05) is 47.0 Å². The fraction of sp³-hybridized carbons (Fsp3) is 1.00. The molecule has 28 heavy (non-hydrogen) atoms. The average Bonchev–Trinajstić information content (AvgIpc) is 3.18. The van der Waals surface area contributed by atoms with Crippen molar-refractivity contribution in [2.24, 2.45) is 51.8 Å². The molecular weight excluding hydrogens is 340 g/mol. The molecule has 2 spiro atoms. The Morgan fingerprint density at radius 2 is 1.64 bits per heavy atom. The topological polar surface area (TPSA) is 20.2 Å². The Bertz CT molecular complexity index is 597. The van der Waals surface area contributed by atoms with Crippen LogP contribution < -0.4 is 0 Å². The van der Waals surface area contributed by atoms with Gasteiger partial charge in [-0.2, -0.15) is 0 Å². The van der Waals surface area contributed by atoms with Crippen molar-refractivity contribution in [1.29, 1.82) is 0 Å². The second-order valence-electron chi connectivity index (χ2n) is 12.9. The van der Waals surface area contributed by atoms with Gasteiger partial charge in [0.05, 0.1) is 6.10 Å². The van der Waals surface area contributed by atoms with Crippen molar-refractivity contribution in [3.63, 3.8) is 0 Å². The summed E-state index contributed by atoms with van der Waals surface area (Å²) in [6.07, 6.45) is 18.5. The molecule has 5 rings (SSSR count). The van der Waals surface area contributed by atoms with Crippen LogP contribution in [0.1, 0.15) is 111 Å². The third-order valence-electron chi connectivity index (χ3n) is 11.5. The molecule has 0 aliphatic heterocycles. The van der Waals surface area contributed by atoms with Gasteiger partial charge in [0.1, 0.15) is 0 Å². The normalized spacial score (nSPS) is 53.1. The highest BCUT2D eigenvalue weighted by atomic mass is 16.3. The summed E-state index contributed by atoms with van der Waals surface area (Å²) in [5.74, 6) is 5.70. The second-order valence-corrected chi connectivity index (χ2v) is 12.9. The first-order valence-electron chi connectivity index (χ1n) is 13.0. The van der Waals surface area contributed by atoms with E-state index in [-0.39, 0.29) is 6.10 Å². The lowest BCUT2D eigenvalue weighted by molar-refractivity contribution is -0.0829. The smallest absolute Gasteiger partial charge is 0.0543 e. The summed E-state index contributed by atoms with van der Waals surface area (Å²) < 4.78 is 0. The quantitative estimate of drug-likeness (QED) is 0.528. The summed E-state index contributed by atoms with van der Waals surface area (Å²) in [6.45, 7) is 10.1. The van der Waals surface area contributed by atoms with E-state index in [1.165, 1.54) is 64.2 Å². The molecule has 5 fully saturated rings. The molecule has 0 amide bonds. The van der Waals surface area contributed by atoms with Gasteiger partial charge in [0.15, 0.2) is 0 Å². The molecule has 0 radical (unpaired) electrons. The van der Waals surface area contributed by atoms with Crippen LogP contribution in [0.15, 0.2) is 0 Å². The van der Waals surface area contributed by atoms with Crippen LogP contribution in [0.5, 0.6) is 0 Å². The van der Waals surface area contributed by atoms with Gasteiger partial charge in [0.2, 0.25) is 0 Å². The number of hydrogen-bond acceptors (Lipinski definition) is 1. The van der Waals surface area contributed by atoms with Gasteiger partial charge in [0, 0.05) is 0 Å². The van der Waals surface area contributed by atoms with Crippen LogP contribution in [0.25, 0.3) is 0 Å². The zero-order chi connectivity index (χ0) is 19.7. The van der Waals surface area contributed by atoms with Crippen molar-refractivity contribution in [1.82, 2.24) is 0 Å². The maximum atomic E-state index is 10.3. The molecule has 0 heterocycles. The monoisotopic (exact) mass is 386 g/mol. The fourth-order valence-electron chi connectivity index (χ4n) is 10.2. The van der Waals surface area contributed by atoms with Crippen molar-refractivity contribution in [3.05, 3.63) is 0 Å². The molecule has 9 atom stereocenters. The molecule has 5 saturated carbocycles. The average molecular weight is 387 g/mol. The van der Waals surface area contributed by atoms with Crippen LogP contribution in [0.4, 0.5) is 0 Å². The van der Waals surface area contributed by atoms with E-state index in [0.29, 0.717) is 10.8 Å². The summed E-state index contributed by atoms with van der Waals surface area (Å²) in [6, 6.07) is 0. The number of aliphatic hydroxyl groups is 1. The first-order chi connectivity index (χ1) is 13.3. The zero-order valence-corrected chi connectivity index (χ0v) is 19.2. The highest BCUT2D eigenvalue weighted by Crippen LogP contribution is 2.85. The minimum atomic E-state index is 0.0150. The van der Waals surface area contributed by atoms with E-state index in [4.69, 9.17) is 0 Å². The second kappa shape index (κ2) is 6.73. The molecule has 0 aromatic heterocycles. The molecule has 5 aliphatic carbocycles. The lowest BCUT2D eigenvalue weighted by Crippen LogP contribution is -2.49. The van der Waals surface area contributed by atoms with Crippen molar-refractivity contribution in [2.75, 3.05) is 0 Å². The van der Waals surface area contributed by atoms with Crippen molar-refractivity contribution >= 4 is 0 Å². The van der Waals surface area contributed by atoms with Crippen LogP contribution in [-0.4, -0.2) is 11.2 Å². The van der Waals surface area contributed by atoms with Gasteiger partial charge in [-0.05, 0) is 116 Å². The molecule has 160 valence electrons. The van der Waals surface area contributed by atoms with Crippen LogP contribution in [-0.2, 0) is 0 Å². The Kier molecular flexibility index (Phi) is 4.78. The molecule has 0 bridgehead atoms. The Morgan fingerprint density at radius 3 is 2.43 bits per heavy atom. The number of rotatable bonds is 5. The molecule has 1 N–H and O–H groups in total. The van der Waals surface area contributed by atoms with Gasteiger partial charge >= 0.3 is 0 Å². The number of hydrogen-bond donors (Lipinski definition) is 1. The van der Waals surface area contributed by atoms with Crippen molar-refractivity contribution < 1.29 is 5.11 Å². The van der Waals surface area contributed by atoms with E-state index in [0.717, 1.165) is 53.8 Å². The number of aliphatic hydroxyl groups excluding tert-OH is 1. The summed E-state index contributed by atoms with van der Waals surface area (Å²) in [5.41, 5.74) is 2.03. The molecule has 2 unspecified atom stereocenters. The first-order valence-corrected chi connectivity index (χ1v) is 13.0. The molecule has 1 nitrogen and oxygen atoms in total. The molecule has 0 saturated heterocycles. The minimum absolute atomic E-state index is 0.0150. The zero-order valence-electron chi connectivity index (χ0n) is 19.2. The van der Waals surface area contributed by atoms with Gasteiger partial charge < -0.3 is 5.11 Å². The minimum Gasteiger partial charge on any atom is -0.393 e. The van der Waals surface area contributed by atoms with Crippen molar-refractivity contribution in [2.45, 2.75) is 117 Å². The SMILES string of the molecule is CC(C)CCC[C@@H](C)[C@H]1CC[C@H]2[C@@H]3CC[C@H]4C[C@@H](O)CCC45CC35CC[C@]12C. The van der Waals surface area contributed by atoms with Gasteiger partial charge in [-0.3, -0.25) is 0 Å². The van der Waals surface area contributed by atoms with E-state index < -0.39 is 0 Å². The standard InChI is InChI=1S/C27H46O/c1-18(2)6-5-7-19(3)22-10-11-23-24-9-8-20-16-21(28)12-13-26(20)17-27(24,26)15-14-25(22,23)4/h18-24,28H,5-17H2,1-4H3/t19-,20+,21+,22-,23+,24+,25-,26?,27?/m1/s1. The van der Waals surface area contributed by atoms with Crippen LogP contribution in [0.2, 0.25) is 0 Å². The maximum Gasteiger partial charge on any atom is 0.0543 e. The highest BCUT2D eigenvalue weighted by Gasteiger charge is 2.78. The van der Waals surface area contributed by atoms with Crippen LogP contribution in [0, 0.1) is 51.8 Å². The van der Waals surface area contributed by atoms with E-state index in [9.17, 15) is 5.11 Å².